The first-order chi connectivity index (χ1) is 16.7. The summed E-state index contributed by atoms with van der Waals surface area (Å²) < 4.78 is 5.46. The molecular formula is C28H25Cl2NO4. The number of nitrogens with zero attached hydrogens (tertiary/aromatic N) is 1. The fourth-order valence-electron chi connectivity index (χ4n) is 4.27. The van der Waals surface area contributed by atoms with Crippen LogP contribution in [0.25, 0.3) is 5.76 Å². The van der Waals surface area contributed by atoms with Crippen LogP contribution in [0.4, 0.5) is 0 Å². The van der Waals surface area contributed by atoms with E-state index >= 15 is 0 Å². The summed E-state index contributed by atoms with van der Waals surface area (Å²) in [4.78, 5) is 28.0. The molecule has 1 fully saturated rings. The number of hydrogen-bond donors (Lipinski definition) is 1. The normalized spacial score (nSPS) is 17.3. The van der Waals surface area contributed by atoms with E-state index in [4.69, 9.17) is 27.9 Å². The van der Waals surface area contributed by atoms with Gasteiger partial charge in [0.05, 0.1) is 35.3 Å². The molecule has 3 aromatic carbocycles. The second-order valence-electron chi connectivity index (χ2n) is 8.69. The quantitative estimate of drug-likeness (QED) is 0.226. The number of ether oxygens (including phenoxy) is 1. The molecule has 1 heterocycles. The van der Waals surface area contributed by atoms with Crippen molar-refractivity contribution < 1.29 is 19.4 Å². The Balaban J connectivity index is 1.88. The second kappa shape index (κ2) is 10.1. The van der Waals surface area contributed by atoms with Crippen molar-refractivity contribution in [3.63, 3.8) is 0 Å². The molecule has 1 N–H and O–H groups in total. The number of para-hydroxylation sites is 1. The van der Waals surface area contributed by atoms with Crippen LogP contribution < -0.4 is 4.74 Å². The number of benzene rings is 3. The van der Waals surface area contributed by atoms with E-state index in [1.165, 1.54) is 17.0 Å². The molecule has 0 radical (unpaired) electrons. The van der Waals surface area contributed by atoms with E-state index in [1.54, 1.807) is 19.2 Å². The zero-order chi connectivity index (χ0) is 25.3. The van der Waals surface area contributed by atoms with Crippen LogP contribution >= 0.6 is 23.2 Å². The van der Waals surface area contributed by atoms with Gasteiger partial charge in [-0.15, -0.1) is 0 Å². The first kappa shape index (κ1) is 24.8. The van der Waals surface area contributed by atoms with Crippen molar-refractivity contribution >= 4 is 40.7 Å². The van der Waals surface area contributed by atoms with Crippen LogP contribution in [0.1, 0.15) is 48.1 Å². The maximum absolute atomic E-state index is 13.3. The smallest absolute Gasteiger partial charge is 0.295 e. The van der Waals surface area contributed by atoms with Crippen molar-refractivity contribution in [2.24, 2.45) is 0 Å². The maximum atomic E-state index is 13.3. The summed E-state index contributed by atoms with van der Waals surface area (Å²) >= 11 is 12.2. The highest BCUT2D eigenvalue weighted by molar-refractivity contribution is 6.46. The van der Waals surface area contributed by atoms with E-state index in [2.05, 4.69) is 13.8 Å². The lowest BCUT2D eigenvalue weighted by atomic mass is 9.93. The Morgan fingerprint density at radius 1 is 1.00 bits per heavy atom. The van der Waals surface area contributed by atoms with Gasteiger partial charge in [0.2, 0.25) is 0 Å². The molecule has 1 aliphatic heterocycles. The Hall–Kier alpha value is -3.28. The number of likely N-dealkylation sites (tertiary alicyclic amines) is 1. The summed E-state index contributed by atoms with van der Waals surface area (Å²) in [5, 5.41) is 11.8. The van der Waals surface area contributed by atoms with Crippen molar-refractivity contribution in [3.05, 3.63) is 105 Å². The number of hydrogen-bond acceptors (Lipinski definition) is 4. The molecular weight excluding hydrogens is 485 g/mol. The van der Waals surface area contributed by atoms with Gasteiger partial charge in [-0.25, -0.2) is 0 Å². The highest BCUT2D eigenvalue weighted by Crippen LogP contribution is 2.41. The number of rotatable bonds is 6. The Bertz CT molecular complexity index is 1310. The van der Waals surface area contributed by atoms with Crippen LogP contribution in [-0.4, -0.2) is 28.8 Å². The molecule has 1 aliphatic rings. The molecule has 35 heavy (non-hydrogen) atoms. The number of ketones is 1. The third kappa shape index (κ3) is 4.79. The number of aliphatic hydroxyl groups excluding tert-OH is 1. The molecule has 4 rings (SSSR count). The average molecular weight is 510 g/mol. The largest absolute Gasteiger partial charge is 0.507 e. The van der Waals surface area contributed by atoms with Crippen LogP contribution in [0.3, 0.4) is 0 Å². The third-order valence-electron chi connectivity index (χ3n) is 6.19. The molecule has 1 amide bonds. The van der Waals surface area contributed by atoms with Crippen molar-refractivity contribution in [1.29, 1.82) is 0 Å². The lowest BCUT2D eigenvalue weighted by molar-refractivity contribution is -0.140. The zero-order valence-corrected chi connectivity index (χ0v) is 21.1. The van der Waals surface area contributed by atoms with E-state index in [0.717, 1.165) is 11.1 Å². The summed E-state index contributed by atoms with van der Waals surface area (Å²) in [6, 6.07) is 18.8. The minimum absolute atomic E-state index is 0.000541. The van der Waals surface area contributed by atoms with Crippen molar-refractivity contribution in [1.82, 2.24) is 4.90 Å². The molecule has 1 saturated heterocycles. The summed E-state index contributed by atoms with van der Waals surface area (Å²) in [7, 11) is 1.55. The summed E-state index contributed by atoms with van der Waals surface area (Å²) in [5.74, 6) is -0.841. The topological polar surface area (TPSA) is 66.8 Å². The number of aliphatic hydroxyl groups is 1. The van der Waals surface area contributed by atoms with Gasteiger partial charge in [-0.1, -0.05) is 79.5 Å². The van der Waals surface area contributed by atoms with Gasteiger partial charge in [0.25, 0.3) is 11.7 Å². The Labute approximate surface area is 214 Å². The van der Waals surface area contributed by atoms with Crippen LogP contribution in [0.2, 0.25) is 10.0 Å². The molecule has 0 saturated carbocycles. The predicted octanol–water partition coefficient (Wildman–Crippen LogP) is 6.75. The van der Waals surface area contributed by atoms with Crippen molar-refractivity contribution in [2.45, 2.75) is 32.4 Å². The Morgan fingerprint density at radius 3 is 2.31 bits per heavy atom. The number of amides is 1. The number of carbonyl (C=O) groups excluding carboxylic acids is 2. The first-order valence-corrected chi connectivity index (χ1v) is 11.9. The lowest BCUT2D eigenvalue weighted by Crippen LogP contribution is -2.29. The van der Waals surface area contributed by atoms with Gasteiger partial charge >= 0.3 is 0 Å². The van der Waals surface area contributed by atoms with Crippen LogP contribution in [0, 0.1) is 0 Å². The highest BCUT2D eigenvalue weighted by Gasteiger charge is 2.46. The minimum Gasteiger partial charge on any atom is -0.507 e. The molecule has 0 bridgehead atoms. The lowest BCUT2D eigenvalue weighted by Gasteiger charge is -2.26. The summed E-state index contributed by atoms with van der Waals surface area (Å²) in [5.41, 5.74) is 2.89. The third-order valence-corrected chi connectivity index (χ3v) is 6.92. The highest BCUT2D eigenvalue weighted by atomic mass is 35.5. The molecule has 5 nitrogen and oxygen atoms in total. The fourth-order valence-corrected chi connectivity index (χ4v) is 4.57. The van der Waals surface area contributed by atoms with E-state index < -0.39 is 17.7 Å². The number of Topliss-reactive ketones (excluding diaryl/α,β-unsaturated/α-hetero) is 1. The maximum Gasteiger partial charge on any atom is 0.295 e. The van der Waals surface area contributed by atoms with E-state index in [1.807, 2.05) is 42.5 Å². The van der Waals surface area contributed by atoms with Gasteiger partial charge < -0.3 is 14.7 Å². The molecule has 0 spiro atoms. The molecule has 0 aliphatic carbocycles. The standard InChI is InChI=1S/C28H25Cl2NO4/c1-16(2)17-8-10-18(11-9-17)25-24(26(32)19-12-13-21(29)22(30)14-19)27(33)28(34)31(25)15-20-6-4-5-7-23(20)35-3/h4-14,16,25,32H,15H2,1-3H3/b26-24-. The summed E-state index contributed by atoms with van der Waals surface area (Å²) in [6.45, 7) is 4.31. The van der Waals surface area contributed by atoms with Crippen LogP contribution in [-0.2, 0) is 16.1 Å². The average Bonchev–Trinajstić information content (AvgIpc) is 3.10. The second-order valence-corrected chi connectivity index (χ2v) is 9.50. The number of halogens is 2. The van der Waals surface area contributed by atoms with Gasteiger partial charge in [0.15, 0.2) is 0 Å². The summed E-state index contributed by atoms with van der Waals surface area (Å²) in [6.07, 6.45) is 0. The number of methoxy groups -OCH3 is 1. The molecule has 7 heteroatoms. The van der Waals surface area contributed by atoms with Gasteiger partial charge in [0, 0.05) is 11.1 Å². The van der Waals surface area contributed by atoms with Gasteiger partial charge in [-0.05, 0) is 41.3 Å². The van der Waals surface area contributed by atoms with Crippen LogP contribution in [0.15, 0.2) is 72.3 Å². The Morgan fingerprint density at radius 2 is 1.69 bits per heavy atom. The molecule has 1 atom stereocenters. The van der Waals surface area contributed by atoms with E-state index in [9.17, 15) is 14.7 Å². The predicted molar refractivity (Wildman–Crippen MR) is 138 cm³/mol. The van der Waals surface area contributed by atoms with Crippen LogP contribution in [0.5, 0.6) is 5.75 Å². The van der Waals surface area contributed by atoms with Gasteiger partial charge in [-0.2, -0.15) is 0 Å². The zero-order valence-electron chi connectivity index (χ0n) is 19.6. The SMILES string of the molecule is COc1ccccc1CN1C(=O)C(=O)/C(=C(\O)c2ccc(Cl)c(Cl)c2)C1c1ccc(C(C)C)cc1. The van der Waals surface area contributed by atoms with Gasteiger partial charge in [-0.3, -0.25) is 9.59 Å². The number of carbonyl (C=O) groups is 2. The molecule has 1 unspecified atom stereocenters. The molecule has 180 valence electrons. The van der Waals surface area contributed by atoms with E-state index in [-0.39, 0.29) is 22.9 Å². The fraction of sp³-hybridized carbons (Fsp3) is 0.214. The van der Waals surface area contributed by atoms with Crippen molar-refractivity contribution in [2.75, 3.05) is 7.11 Å². The molecule has 3 aromatic rings. The van der Waals surface area contributed by atoms with Crippen molar-refractivity contribution in [3.8, 4) is 5.75 Å². The molecule has 0 aromatic heterocycles. The van der Waals surface area contributed by atoms with Gasteiger partial charge in [0.1, 0.15) is 11.5 Å². The Kier molecular flexibility index (Phi) is 7.20. The monoisotopic (exact) mass is 509 g/mol. The minimum atomic E-state index is -0.796. The first-order valence-electron chi connectivity index (χ1n) is 11.2. The van der Waals surface area contributed by atoms with E-state index in [0.29, 0.717) is 27.8 Å².